The second-order valence-corrected chi connectivity index (χ2v) is 7.10. The van der Waals surface area contributed by atoms with Crippen molar-refractivity contribution in [2.24, 2.45) is 0 Å². The summed E-state index contributed by atoms with van der Waals surface area (Å²) in [5.41, 5.74) is 1.40. The second-order valence-electron chi connectivity index (χ2n) is 7.10. The summed E-state index contributed by atoms with van der Waals surface area (Å²) < 4.78 is 1.91. The first kappa shape index (κ1) is 16.4. The molecular formula is C17H24N6O. The van der Waals surface area contributed by atoms with Gasteiger partial charge in [0.1, 0.15) is 5.82 Å². The first-order valence-electron chi connectivity index (χ1n) is 8.23. The van der Waals surface area contributed by atoms with Gasteiger partial charge < -0.3 is 9.80 Å². The van der Waals surface area contributed by atoms with Crippen LogP contribution in [0.15, 0.2) is 24.7 Å². The van der Waals surface area contributed by atoms with Crippen LogP contribution in [0.4, 0.5) is 5.82 Å². The van der Waals surface area contributed by atoms with Gasteiger partial charge in [0, 0.05) is 44.3 Å². The average molecular weight is 328 g/mol. The molecule has 7 heteroatoms. The van der Waals surface area contributed by atoms with Crippen molar-refractivity contribution in [1.82, 2.24) is 24.6 Å². The molecule has 3 rings (SSSR count). The van der Waals surface area contributed by atoms with Crippen LogP contribution < -0.4 is 4.90 Å². The molecule has 1 fully saturated rings. The number of piperazine rings is 1. The molecule has 0 aromatic carbocycles. The van der Waals surface area contributed by atoms with E-state index < -0.39 is 0 Å². The van der Waals surface area contributed by atoms with Gasteiger partial charge in [0.2, 0.25) is 0 Å². The highest BCUT2D eigenvalue weighted by Crippen LogP contribution is 2.18. The fourth-order valence-electron chi connectivity index (χ4n) is 3.01. The summed E-state index contributed by atoms with van der Waals surface area (Å²) >= 11 is 0. The van der Waals surface area contributed by atoms with E-state index in [1.807, 2.05) is 22.6 Å². The zero-order valence-corrected chi connectivity index (χ0v) is 14.7. The molecule has 0 aliphatic carbocycles. The quantitative estimate of drug-likeness (QED) is 0.839. The maximum atomic E-state index is 12.7. The van der Waals surface area contributed by atoms with Crippen molar-refractivity contribution < 1.29 is 4.79 Å². The molecule has 1 aliphatic rings. The average Bonchev–Trinajstić information content (AvgIpc) is 2.97. The first-order chi connectivity index (χ1) is 11.4. The number of aryl methyl sites for hydroxylation is 1. The van der Waals surface area contributed by atoms with E-state index in [0.717, 1.165) is 24.6 Å². The Morgan fingerprint density at radius 1 is 1.12 bits per heavy atom. The van der Waals surface area contributed by atoms with Crippen molar-refractivity contribution in [3.63, 3.8) is 0 Å². The van der Waals surface area contributed by atoms with E-state index in [1.54, 1.807) is 18.6 Å². The van der Waals surface area contributed by atoms with Gasteiger partial charge in [-0.05, 0) is 33.8 Å². The Hall–Kier alpha value is -2.44. The number of hydrogen-bond donors (Lipinski definition) is 0. The molecule has 0 N–H and O–H groups in total. The van der Waals surface area contributed by atoms with Crippen LogP contribution in [-0.4, -0.2) is 56.7 Å². The topological polar surface area (TPSA) is 67.2 Å². The summed E-state index contributed by atoms with van der Waals surface area (Å²) in [6, 6.07) is 1.88. The van der Waals surface area contributed by atoms with Gasteiger partial charge in [-0.3, -0.25) is 14.5 Å². The van der Waals surface area contributed by atoms with Gasteiger partial charge in [-0.1, -0.05) is 0 Å². The van der Waals surface area contributed by atoms with Crippen LogP contribution in [0, 0.1) is 6.92 Å². The summed E-state index contributed by atoms with van der Waals surface area (Å²) in [6.45, 7) is 11.1. The lowest BCUT2D eigenvalue weighted by molar-refractivity contribution is 0.0739. The maximum Gasteiger partial charge on any atom is 0.274 e. The van der Waals surface area contributed by atoms with E-state index in [-0.39, 0.29) is 11.4 Å². The first-order valence-corrected chi connectivity index (χ1v) is 8.23. The molecule has 0 atom stereocenters. The maximum absolute atomic E-state index is 12.7. The van der Waals surface area contributed by atoms with E-state index in [0.29, 0.717) is 18.8 Å². The Kier molecular flexibility index (Phi) is 4.26. The molecule has 7 nitrogen and oxygen atoms in total. The van der Waals surface area contributed by atoms with Crippen molar-refractivity contribution in [3.8, 4) is 0 Å². The molecule has 0 unspecified atom stereocenters. The highest BCUT2D eigenvalue weighted by atomic mass is 16.2. The van der Waals surface area contributed by atoms with E-state index in [4.69, 9.17) is 0 Å². The minimum atomic E-state index is -0.132. The predicted molar refractivity (Wildman–Crippen MR) is 92.1 cm³/mol. The van der Waals surface area contributed by atoms with Crippen LogP contribution in [0.5, 0.6) is 0 Å². The molecule has 24 heavy (non-hydrogen) atoms. The highest BCUT2D eigenvalue weighted by Gasteiger charge is 2.26. The van der Waals surface area contributed by atoms with Crippen molar-refractivity contribution in [3.05, 3.63) is 36.0 Å². The van der Waals surface area contributed by atoms with Crippen LogP contribution in [0.3, 0.4) is 0 Å². The lowest BCUT2D eigenvalue weighted by atomic mass is 10.1. The monoisotopic (exact) mass is 328 g/mol. The third kappa shape index (κ3) is 3.25. The number of anilines is 1. The third-order valence-electron chi connectivity index (χ3n) is 4.18. The van der Waals surface area contributed by atoms with E-state index in [9.17, 15) is 4.79 Å². The molecule has 0 spiro atoms. The Labute approximate surface area is 142 Å². The number of hydrogen-bond acceptors (Lipinski definition) is 5. The molecule has 2 aromatic rings. The number of rotatable bonds is 2. The Morgan fingerprint density at radius 2 is 1.83 bits per heavy atom. The van der Waals surface area contributed by atoms with Gasteiger partial charge in [-0.15, -0.1) is 0 Å². The van der Waals surface area contributed by atoms with Gasteiger partial charge in [0.05, 0.1) is 11.7 Å². The van der Waals surface area contributed by atoms with Crippen molar-refractivity contribution >= 4 is 11.7 Å². The summed E-state index contributed by atoms with van der Waals surface area (Å²) in [4.78, 5) is 25.2. The molecule has 0 radical (unpaired) electrons. The highest BCUT2D eigenvalue weighted by molar-refractivity contribution is 5.92. The Balaban J connectivity index is 1.68. The molecule has 128 valence electrons. The SMILES string of the molecule is Cc1cc(C(=O)N2CCN(c3cnccn3)CC2)nn1C(C)(C)C. The normalized spacial score (nSPS) is 15.7. The summed E-state index contributed by atoms with van der Waals surface area (Å²) in [5.74, 6) is 0.859. The van der Waals surface area contributed by atoms with Crippen LogP contribution >= 0.6 is 0 Å². The number of aromatic nitrogens is 4. The van der Waals surface area contributed by atoms with Gasteiger partial charge in [0.15, 0.2) is 5.69 Å². The lowest BCUT2D eigenvalue weighted by Crippen LogP contribution is -2.49. The van der Waals surface area contributed by atoms with Crippen molar-refractivity contribution in [1.29, 1.82) is 0 Å². The van der Waals surface area contributed by atoms with Crippen LogP contribution in [0.1, 0.15) is 37.0 Å². The lowest BCUT2D eigenvalue weighted by Gasteiger charge is -2.34. The minimum Gasteiger partial charge on any atom is -0.352 e. The molecule has 3 heterocycles. The zero-order valence-electron chi connectivity index (χ0n) is 14.7. The molecule has 2 aromatic heterocycles. The van der Waals surface area contributed by atoms with Gasteiger partial charge in [-0.25, -0.2) is 4.98 Å². The van der Waals surface area contributed by atoms with Crippen LogP contribution in [0.2, 0.25) is 0 Å². The molecule has 1 aliphatic heterocycles. The molecular weight excluding hydrogens is 304 g/mol. The van der Waals surface area contributed by atoms with E-state index in [1.165, 1.54) is 0 Å². The largest absolute Gasteiger partial charge is 0.352 e. The molecule has 1 amide bonds. The zero-order chi connectivity index (χ0) is 17.3. The predicted octanol–water partition coefficient (Wildman–Crippen LogP) is 1.70. The fourth-order valence-corrected chi connectivity index (χ4v) is 3.01. The Bertz CT molecular complexity index is 710. The molecule has 0 bridgehead atoms. The van der Waals surface area contributed by atoms with Crippen LogP contribution in [0.25, 0.3) is 0 Å². The van der Waals surface area contributed by atoms with Gasteiger partial charge >= 0.3 is 0 Å². The van der Waals surface area contributed by atoms with Gasteiger partial charge in [-0.2, -0.15) is 5.10 Å². The van der Waals surface area contributed by atoms with Crippen LogP contribution in [-0.2, 0) is 5.54 Å². The number of nitrogens with zero attached hydrogens (tertiary/aromatic N) is 6. The molecule has 0 saturated carbocycles. The summed E-state index contributed by atoms with van der Waals surface area (Å²) in [5, 5.41) is 4.52. The number of carbonyl (C=O) groups is 1. The Morgan fingerprint density at radius 3 is 2.38 bits per heavy atom. The molecule has 1 saturated heterocycles. The summed E-state index contributed by atoms with van der Waals surface area (Å²) in [6.07, 6.45) is 5.11. The summed E-state index contributed by atoms with van der Waals surface area (Å²) in [7, 11) is 0. The third-order valence-corrected chi connectivity index (χ3v) is 4.18. The van der Waals surface area contributed by atoms with Gasteiger partial charge in [0.25, 0.3) is 5.91 Å². The van der Waals surface area contributed by atoms with Crippen molar-refractivity contribution in [2.45, 2.75) is 33.2 Å². The van der Waals surface area contributed by atoms with E-state index >= 15 is 0 Å². The number of carbonyl (C=O) groups excluding carboxylic acids is 1. The minimum absolute atomic E-state index is 0.0000964. The smallest absolute Gasteiger partial charge is 0.274 e. The second kappa shape index (κ2) is 6.22. The number of amides is 1. The fraction of sp³-hybridized carbons (Fsp3) is 0.529. The van der Waals surface area contributed by atoms with Crippen molar-refractivity contribution in [2.75, 3.05) is 31.1 Å². The van der Waals surface area contributed by atoms with E-state index in [2.05, 4.69) is 40.7 Å². The standard InChI is InChI=1S/C17H24N6O/c1-13-11-14(20-23(13)17(2,3)4)16(24)22-9-7-21(8-10-22)15-12-18-5-6-19-15/h5-6,11-12H,7-10H2,1-4H3.